The van der Waals surface area contributed by atoms with Crippen LogP contribution in [0.15, 0.2) is 28.7 Å². The minimum absolute atomic E-state index is 0.0293. The second kappa shape index (κ2) is 16.9. The number of alkyl halides is 1. The molecule has 2 saturated carbocycles. The lowest BCUT2D eigenvalue weighted by Gasteiger charge is -2.38. The number of fused-ring (bicyclic) bond motifs is 1. The molecule has 0 N–H and O–H groups in total. The van der Waals surface area contributed by atoms with E-state index >= 15 is 0 Å². The molecule has 9 nitrogen and oxygen atoms in total. The SMILES string of the molecule is COC1CCC([C@@H]2CCN(C(=O)C3CCC([C@H](C)CF)CC3)[C@@H]2C(=O)Cc2ccc3oc(C(=O)OCCCN4CCOC(C)(C)C4)cc3c2)CC1. The third-order valence-electron chi connectivity index (χ3n) is 12.4. The van der Waals surface area contributed by atoms with Crippen molar-refractivity contribution < 1.29 is 37.4 Å². The van der Waals surface area contributed by atoms with E-state index in [1.807, 2.05) is 30.0 Å². The van der Waals surface area contributed by atoms with Crippen LogP contribution in [0.5, 0.6) is 0 Å². The van der Waals surface area contributed by atoms with Crippen molar-refractivity contribution in [1.29, 1.82) is 0 Å². The van der Waals surface area contributed by atoms with E-state index in [0.29, 0.717) is 37.2 Å². The van der Waals surface area contributed by atoms with Gasteiger partial charge >= 0.3 is 5.97 Å². The van der Waals surface area contributed by atoms with E-state index in [4.69, 9.17) is 18.6 Å². The summed E-state index contributed by atoms with van der Waals surface area (Å²) < 4.78 is 36.2. The Kier molecular flexibility index (Phi) is 12.6. The molecule has 6 rings (SSSR count). The molecule has 2 saturated heterocycles. The first-order chi connectivity index (χ1) is 24.5. The fourth-order valence-electron chi connectivity index (χ4n) is 9.46. The van der Waals surface area contributed by atoms with Crippen LogP contribution in [0.4, 0.5) is 4.39 Å². The van der Waals surface area contributed by atoms with E-state index in [1.54, 1.807) is 13.2 Å². The monoisotopic (exact) mass is 710 g/mol. The van der Waals surface area contributed by atoms with Crippen LogP contribution in [0.25, 0.3) is 11.0 Å². The Balaban J connectivity index is 1.09. The fraction of sp³-hybridized carbons (Fsp3) is 0.732. The maximum absolute atomic E-state index is 14.3. The number of halogens is 1. The van der Waals surface area contributed by atoms with Crippen LogP contribution in [0.3, 0.4) is 0 Å². The van der Waals surface area contributed by atoms with Gasteiger partial charge in [0.2, 0.25) is 11.7 Å². The number of methoxy groups -OCH3 is 1. The summed E-state index contributed by atoms with van der Waals surface area (Å²) in [5, 5.41) is 0.746. The largest absolute Gasteiger partial charge is 0.460 e. The van der Waals surface area contributed by atoms with Crippen molar-refractivity contribution in [2.24, 2.45) is 29.6 Å². The summed E-state index contributed by atoms with van der Waals surface area (Å²) in [6.07, 6.45) is 9.29. The van der Waals surface area contributed by atoms with Gasteiger partial charge in [-0.15, -0.1) is 0 Å². The average Bonchev–Trinajstić information content (AvgIpc) is 3.77. The Bertz CT molecular complexity index is 1490. The molecule has 0 bridgehead atoms. The number of esters is 1. The van der Waals surface area contributed by atoms with E-state index in [2.05, 4.69) is 18.7 Å². The lowest BCUT2D eigenvalue weighted by Crippen LogP contribution is -2.48. The highest BCUT2D eigenvalue weighted by Gasteiger charge is 2.47. The van der Waals surface area contributed by atoms with E-state index < -0.39 is 12.0 Å². The van der Waals surface area contributed by atoms with Gasteiger partial charge in [0.15, 0.2) is 5.78 Å². The minimum atomic E-state index is -0.495. The Morgan fingerprint density at radius 1 is 1.00 bits per heavy atom. The summed E-state index contributed by atoms with van der Waals surface area (Å²) in [4.78, 5) is 45.6. The number of Topliss-reactive ketones (excluding diaryl/α,β-unsaturated/α-hetero) is 1. The summed E-state index contributed by atoms with van der Waals surface area (Å²) in [7, 11) is 1.77. The molecule has 2 aliphatic carbocycles. The summed E-state index contributed by atoms with van der Waals surface area (Å²) in [6, 6.07) is 6.86. The van der Waals surface area contributed by atoms with Crippen LogP contribution >= 0.6 is 0 Å². The first kappa shape index (κ1) is 37.9. The molecule has 10 heteroatoms. The number of hydrogen-bond donors (Lipinski definition) is 0. The van der Waals surface area contributed by atoms with Gasteiger partial charge < -0.3 is 23.5 Å². The number of amides is 1. The Morgan fingerprint density at radius 2 is 1.76 bits per heavy atom. The van der Waals surface area contributed by atoms with Gasteiger partial charge in [0.05, 0.1) is 37.6 Å². The van der Waals surface area contributed by atoms with Crippen molar-refractivity contribution in [1.82, 2.24) is 9.80 Å². The predicted octanol–water partition coefficient (Wildman–Crippen LogP) is 7.04. The van der Waals surface area contributed by atoms with E-state index in [9.17, 15) is 18.8 Å². The van der Waals surface area contributed by atoms with Crippen LogP contribution in [-0.4, -0.2) is 98.4 Å². The zero-order valence-electron chi connectivity index (χ0n) is 31.2. The lowest BCUT2D eigenvalue weighted by atomic mass is 9.74. The number of morpholine rings is 1. The Hall–Kier alpha value is -2.82. The third kappa shape index (κ3) is 9.22. The predicted molar refractivity (Wildman–Crippen MR) is 193 cm³/mol. The topological polar surface area (TPSA) is 98.5 Å². The molecule has 2 aliphatic heterocycles. The summed E-state index contributed by atoms with van der Waals surface area (Å²) in [6.45, 7) is 10.00. The number of carbonyl (C=O) groups excluding carboxylic acids is 3. The molecular formula is C41H59FN2O7. The molecule has 3 atom stereocenters. The van der Waals surface area contributed by atoms with Crippen molar-refractivity contribution in [3.05, 3.63) is 35.6 Å². The number of nitrogens with zero attached hydrogens (tertiary/aromatic N) is 2. The summed E-state index contributed by atoms with van der Waals surface area (Å²) >= 11 is 0. The van der Waals surface area contributed by atoms with Crippen LogP contribution in [0.1, 0.15) is 101 Å². The Labute approximate surface area is 302 Å². The lowest BCUT2D eigenvalue weighted by molar-refractivity contribution is -0.143. The first-order valence-electron chi connectivity index (χ1n) is 19.5. The average molecular weight is 711 g/mol. The molecule has 3 heterocycles. The van der Waals surface area contributed by atoms with Gasteiger partial charge in [0.25, 0.3) is 0 Å². The quantitative estimate of drug-likeness (QED) is 0.161. The molecule has 2 aromatic rings. The summed E-state index contributed by atoms with van der Waals surface area (Å²) in [5.41, 5.74) is 1.24. The number of hydrogen-bond acceptors (Lipinski definition) is 8. The van der Waals surface area contributed by atoms with Crippen LogP contribution < -0.4 is 0 Å². The molecule has 4 aliphatic rings. The van der Waals surface area contributed by atoms with Crippen molar-refractivity contribution in [3.8, 4) is 0 Å². The Morgan fingerprint density at radius 3 is 2.47 bits per heavy atom. The molecule has 4 fully saturated rings. The van der Waals surface area contributed by atoms with Crippen LogP contribution in [0.2, 0.25) is 0 Å². The fourth-order valence-corrected chi connectivity index (χ4v) is 9.46. The number of ether oxygens (including phenoxy) is 3. The van der Waals surface area contributed by atoms with Crippen LogP contribution in [-0.2, 0) is 30.2 Å². The number of likely N-dealkylation sites (tertiary alicyclic amines) is 1. The van der Waals surface area contributed by atoms with Gasteiger partial charge in [-0.25, -0.2) is 4.79 Å². The molecule has 1 aromatic heterocycles. The number of benzene rings is 1. The zero-order valence-corrected chi connectivity index (χ0v) is 31.2. The van der Waals surface area contributed by atoms with Gasteiger partial charge in [-0.3, -0.25) is 18.9 Å². The molecule has 51 heavy (non-hydrogen) atoms. The van der Waals surface area contributed by atoms with Crippen molar-refractivity contribution in [2.75, 3.05) is 53.2 Å². The third-order valence-corrected chi connectivity index (χ3v) is 12.4. The molecule has 0 radical (unpaired) electrons. The molecule has 0 unspecified atom stereocenters. The smallest absolute Gasteiger partial charge is 0.374 e. The molecule has 282 valence electrons. The minimum Gasteiger partial charge on any atom is -0.460 e. The van der Waals surface area contributed by atoms with Crippen molar-refractivity contribution in [3.63, 3.8) is 0 Å². The van der Waals surface area contributed by atoms with Gasteiger partial charge in [0, 0.05) is 51.0 Å². The molecular weight excluding hydrogens is 651 g/mol. The van der Waals surface area contributed by atoms with Gasteiger partial charge in [-0.05, 0) is 125 Å². The highest BCUT2D eigenvalue weighted by atomic mass is 19.1. The second-order valence-electron chi connectivity index (χ2n) is 16.4. The highest BCUT2D eigenvalue weighted by molar-refractivity contribution is 5.94. The van der Waals surface area contributed by atoms with Gasteiger partial charge in [-0.1, -0.05) is 13.0 Å². The van der Waals surface area contributed by atoms with Crippen LogP contribution in [0, 0.1) is 29.6 Å². The normalized spacial score (nSPS) is 29.2. The second-order valence-corrected chi connectivity index (χ2v) is 16.4. The standard InChI is InChI=1S/C41H59FN2O7/c1-27(25-42)29-7-9-31(10-8-29)39(46)44-18-16-34(30-11-13-33(48-4)14-12-30)38(44)35(45)23-28-6-15-36-32(22-28)24-37(51-36)40(47)49-20-5-17-43-19-21-50-41(2,3)26-43/h6,15,22,24,27,29-31,33-34,38H,5,7-14,16-21,23,25-26H2,1-4H3/t27-,29?,30?,31?,33?,34+,38+/m1/s1. The number of furan rings is 1. The van der Waals surface area contributed by atoms with Gasteiger partial charge in [-0.2, -0.15) is 0 Å². The molecule has 0 spiro atoms. The molecule has 1 amide bonds. The zero-order chi connectivity index (χ0) is 36.1. The maximum atomic E-state index is 14.3. The van der Waals surface area contributed by atoms with Gasteiger partial charge in [0.1, 0.15) is 5.58 Å². The van der Waals surface area contributed by atoms with E-state index in [-0.39, 0.29) is 60.0 Å². The number of ketones is 1. The molecule has 1 aromatic carbocycles. The summed E-state index contributed by atoms with van der Waals surface area (Å²) in [5.74, 6) is 0.611. The maximum Gasteiger partial charge on any atom is 0.374 e. The number of carbonyl (C=O) groups is 3. The highest BCUT2D eigenvalue weighted by Crippen LogP contribution is 2.42. The first-order valence-corrected chi connectivity index (χ1v) is 19.5. The number of rotatable bonds is 13. The van der Waals surface area contributed by atoms with Crippen molar-refractivity contribution >= 4 is 28.6 Å². The van der Waals surface area contributed by atoms with E-state index in [1.165, 1.54) is 0 Å². The van der Waals surface area contributed by atoms with E-state index in [0.717, 1.165) is 94.8 Å². The van der Waals surface area contributed by atoms with Crippen molar-refractivity contribution in [2.45, 2.75) is 109 Å².